The van der Waals surface area contributed by atoms with Crippen LogP contribution < -0.4 is 0 Å². The van der Waals surface area contributed by atoms with Crippen molar-refractivity contribution in [2.75, 3.05) is 0 Å². The highest BCUT2D eigenvalue weighted by molar-refractivity contribution is 5.78. The fourth-order valence-corrected chi connectivity index (χ4v) is 2.79. The predicted molar refractivity (Wildman–Crippen MR) is 95.4 cm³/mol. The first kappa shape index (κ1) is 16.3. The van der Waals surface area contributed by atoms with Crippen LogP contribution >= 0.6 is 0 Å². The molecule has 0 atom stereocenters. The summed E-state index contributed by atoms with van der Waals surface area (Å²) in [6.07, 6.45) is 0. The van der Waals surface area contributed by atoms with Crippen molar-refractivity contribution in [3.8, 4) is 22.3 Å². The number of rotatable bonds is 4. The highest BCUT2D eigenvalue weighted by Crippen LogP contribution is 2.33. The third kappa shape index (κ3) is 3.23. The minimum atomic E-state index is -0.427. The molecule has 0 bridgehead atoms. The average molecular weight is 334 g/mol. The minimum Gasteiger partial charge on any atom is -0.258 e. The van der Waals surface area contributed by atoms with Crippen LogP contribution in [0.15, 0.2) is 66.7 Å². The Morgan fingerprint density at radius 1 is 0.640 bits per heavy atom. The molecule has 25 heavy (non-hydrogen) atoms. The van der Waals surface area contributed by atoms with E-state index in [9.17, 15) is 20.2 Å². The quantitative estimate of drug-likeness (QED) is 0.488. The fraction of sp³-hybridized carbons (Fsp3) is 0.0526. The van der Waals surface area contributed by atoms with E-state index in [1.807, 2.05) is 25.1 Å². The molecule has 6 heteroatoms. The highest BCUT2D eigenvalue weighted by atomic mass is 16.6. The van der Waals surface area contributed by atoms with Crippen molar-refractivity contribution in [3.05, 3.63) is 92.5 Å². The first-order valence-corrected chi connectivity index (χ1v) is 7.56. The lowest BCUT2D eigenvalue weighted by atomic mass is 9.92. The number of non-ortho nitro benzene ring substituents is 2. The fourth-order valence-electron chi connectivity index (χ4n) is 2.79. The van der Waals surface area contributed by atoms with E-state index in [0.29, 0.717) is 0 Å². The summed E-state index contributed by atoms with van der Waals surface area (Å²) in [5.41, 5.74) is 4.79. The lowest BCUT2D eigenvalue weighted by Gasteiger charge is -2.12. The highest BCUT2D eigenvalue weighted by Gasteiger charge is 2.11. The molecule has 0 radical (unpaired) electrons. The number of nitro groups is 2. The van der Waals surface area contributed by atoms with Gasteiger partial charge in [0.25, 0.3) is 11.4 Å². The first-order chi connectivity index (χ1) is 12.0. The maximum Gasteiger partial charge on any atom is 0.269 e. The molecule has 0 amide bonds. The van der Waals surface area contributed by atoms with Crippen LogP contribution in [0.2, 0.25) is 0 Å². The lowest BCUT2D eigenvalue weighted by molar-refractivity contribution is -0.385. The average Bonchev–Trinajstić information content (AvgIpc) is 2.62. The number of hydrogen-bond donors (Lipinski definition) is 0. The van der Waals surface area contributed by atoms with Gasteiger partial charge in [-0.05, 0) is 59.0 Å². The number of hydrogen-bond acceptors (Lipinski definition) is 4. The second-order valence-corrected chi connectivity index (χ2v) is 5.59. The predicted octanol–water partition coefficient (Wildman–Crippen LogP) is 5.15. The van der Waals surface area contributed by atoms with Gasteiger partial charge in [0.15, 0.2) is 0 Å². The van der Waals surface area contributed by atoms with Gasteiger partial charge in [-0.25, -0.2) is 0 Å². The summed E-state index contributed by atoms with van der Waals surface area (Å²) >= 11 is 0. The molecule has 0 fully saturated rings. The van der Waals surface area contributed by atoms with Crippen LogP contribution in [0.3, 0.4) is 0 Å². The van der Waals surface area contributed by atoms with Crippen molar-refractivity contribution in [2.45, 2.75) is 6.92 Å². The van der Waals surface area contributed by atoms with Crippen molar-refractivity contribution in [3.63, 3.8) is 0 Å². The second-order valence-electron chi connectivity index (χ2n) is 5.59. The summed E-state index contributed by atoms with van der Waals surface area (Å²) in [6, 6.07) is 18.6. The smallest absolute Gasteiger partial charge is 0.258 e. The Morgan fingerprint density at radius 3 is 1.32 bits per heavy atom. The molecular weight excluding hydrogens is 320 g/mol. The molecule has 0 heterocycles. The SMILES string of the molecule is Cc1c(-c2ccc([N+](=O)[O-])cc2)cccc1-c1ccc([N+](=O)[O-])cc1. The summed E-state index contributed by atoms with van der Waals surface area (Å²) in [7, 11) is 0. The van der Waals surface area contributed by atoms with Gasteiger partial charge in [0, 0.05) is 24.3 Å². The van der Waals surface area contributed by atoms with E-state index in [1.54, 1.807) is 24.3 Å². The molecule has 0 saturated heterocycles. The van der Waals surface area contributed by atoms with E-state index in [2.05, 4.69) is 0 Å². The van der Waals surface area contributed by atoms with Gasteiger partial charge in [0.1, 0.15) is 0 Å². The van der Waals surface area contributed by atoms with Gasteiger partial charge in [0.2, 0.25) is 0 Å². The first-order valence-electron chi connectivity index (χ1n) is 7.56. The van der Waals surface area contributed by atoms with Gasteiger partial charge in [-0.3, -0.25) is 20.2 Å². The van der Waals surface area contributed by atoms with E-state index in [1.165, 1.54) is 24.3 Å². The third-order valence-corrected chi connectivity index (χ3v) is 4.11. The van der Waals surface area contributed by atoms with Crippen molar-refractivity contribution in [2.24, 2.45) is 0 Å². The van der Waals surface area contributed by atoms with Gasteiger partial charge < -0.3 is 0 Å². The Kier molecular flexibility index (Phi) is 4.26. The van der Waals surface area contributed by atoms with Crippen LogP contribution in [-0.2, 0) is 0 Å². The van der Waals surface area contributed by atoms with Crippen molar-refractivity contribution in [1.82, 2.24) is 0 Å². The van der Waals surface area contributed by atoms with Gasteiger partial charge in [-0.2, -0.15) is 0 Å². The van der Waals surface area contributed by atoms with Gasteiger partial charge in [-0.15, -0.1) is 0 Å². The molecule has 0 spiro atoms. The summed E-state index contributed by atoms with van der Waals surface area (Å²) in [5.74, 6) is 0. The minimum absolute atomic E-state index is 0.0490. The monoisotopic (exact) mass is 334 g/mol. The Hall–Kier alpha value is -3.54. The summed E-state index contributed by atoms with van der Waals surface area (Å²) in [4.78, 5) is 20.7. The molecule has 0 unspecified atom stereocenters. The summed E-state index contributed by atoms with van der Waals surface area (Å²) < 4.78 is 0. The summed E-state index contributed by atoms with van der Waals surface area (Å²) in [6.45, 7) is 1.97. The van der Waals surface area contributed by atoms with E-state index in [4.69, 9.17) is 0 Å². The van der Waals surface area contributed by atoms with Crippen molar-refractivity contribution in [1.29, 1.82) is 0 Å². The van der Waals surface area contributed by atoms with Crippen molar-refractivity contribution < 1.29 is 9.85 Å². The topological polar surface area (TPSA) is 86.3 Å². The van der Waals surface area contributed by atoms with Crippen LogP contribution in [-0.4, -0.2) is 9.85 Å². The van der Waals surface area contributed by atoms with Gasteiger partial charge in [-0.1, -0.05) is 18.2 Å². The third-order valence-electron chi connectivity index (χ3n) is 4.11. The van der Waals surface area contributed by atoms with E-state index in [-0.39, 0.29) is 11.4 Å². The molecule has 3 aromatic carbocycles. The van der Waals surface area contributed by atoms with Crippen LogP contribution in [0.5, 0.6) is 0 Å². The molecule has 3 aromatic rings. The van der Waals surface area contributed by atoms with Gasteiger partial charge in [0.05, 0.1) is 9.85 Å². The van der Waals surface area contributed by atoms with E-state index < -0.39 is 9.85 Å². The molecule has 0 saturated carbocycles. The number of nitro benzene ring substituents is 2. The molecule has 6 nitrogen and oxygen atoms in total. The van der Waals surface area contributed by atoms with Crippen LogP contribution in [0.25, 0.3) is 22.3 Å². The van der Waals surface area contributed by atoms with Crippen LogP contribution in [0, 0.1) is 27.2 Å². The second kappa shape index (κ2) is 6.52. The zero-order chi connectivity index (χ0) is 18.0. The Bertz CT molecular complexity index is 872. The maximum atomic E-state index is 10.8. The molecule has 0 aromatic heterocycles. The Labute approximate surface area is 143 Å². The molecule has 0 aliphatic carbocycles. The molecule has 124 valence electrons. The largest absolute Gasteiger partial charge is 0.269 e. The zero-order valence-corrected chi connectivity index (χ0v) is 13.4. The maximum absolute atomic E-state index is 10.8. The number of nitrogens with zero attached hydrogens (tertiary/aromatic N) is 2. The molecule has 0 aliphatic rings. The van der Waals surface area contributed by atoms with E-state index >= 15 is 0 Å². The normalized spacial score (nSPS) is 10.4. The molecule has 0 N–H and O–H groups in total. The van der Waals surface area contributed by atoms with Crippen molar-refractivity contribution >= 4 is 11.4 Å². The molecule has 3 rings (SSSR count). The molecular formula is C19H14N2O4. The lowest BCUT2D eigenvalue weighted by Crippen LogP contribution is -1.91. The zero-order valence-electron chi connectivity index (χ0n) is 13.4. The van der Waals surface area contributed by atoms with Crippen LogP contribution in [0.1, 0.15) is 5.56 Å². The van der Waals surface area contributed by atoms with Crippen LogP contribution in [0.4, 0.5) is 11.4 Å². The standard InChI is InChI=1S/C19H14N2O4/c1-13-18(14-5-9-16(10-6-14)20(22)23)3-2-4-19(13)15-7-11-17(12-8-15)21(24)25/h2-12H,1H3. The molecule has 0 aliphatic heterocycles. The van der Waals surface area contributed by atoms with Gasteiger partial charge >= 0.3 is 0 Å². The summed E-state index contributed by atoms with van der Waals surface area (Å²) in [5, 5.41) is 21.6. The Morgan fingerprint density at radius 2 is 1.00 bits per heavy atom. The van der Waals surface area contributed by atoms with E-state index in [0.717, 1.165) is 27.8 Å². The number of benzene rings is 3. The Balaban J connectivity index is 2.02.